The fraction of sp³-hybridized carbons (Fsp3) is 0.500. The van der Waals surface area contributed by atoms with Gasteiger partial charge in [0.05, 0.1) is 6.61 Å². The van der Waals surface area contributed by atoms with Crippen LogP contribution in [0.5, 0.6) is 5.75 Å². The number of esters is 2. The molecule has 1 aromatic rings. The van der Waals surface area contributed by atoms with E-state index in [2.05, 4.69) is 6.92 Å². The molecule has 0 aromatic heterocycles. The molecule has 0 aliphatic carbocycles. The van der Waals surface area contributed by atoms with Crippen LogP contribution < -0.4 is 4.74 Å². The molecule has 1 rings (SSSR count). The quantitative estimate of drug-likeness (QED) is 0.231. The molecular formula is C20H27FO4. The van der Waals surface area contributed by atoms with E-state index >= 15 is 0 Å². The van der Waals surface area contributed by atoms with Crippen molar-refractivity contribution in [1.29, 1.82) is 0 Å². The van der Waals surface area contributed by atoms with Crippen molar-refractivity contribution in [2.24, 2.45) is 0 Å². The Balaban J connectivity index is 2.10. The molecular weight excluding hydrogens is 323 g/mol. The number of rotatable bonds is 12. The van der Waals surface area contributed by atoms with Gasteiger partial charge in [0.25, 0.3) is 0 Å². The molecule has 0 saturated carbocycles. The van der Waals surface area contributed by atoms with Crippen LogP contribution in [-0.2, 0) is 14.3 Å². The highest BCUT2D eigenvalue weighted by molar-refractivity contribution is 5.92. The molecule has 5 heteroatoms. The summed E-state index contributed by atoms with van der Waals surface area (Å²) in [5.74, 6) is -2.24. The summed E-state index contributed by atoms with van der Waals surface area (Å²) in [5, 5.41) is 0. The second-order valence-corrected chi connectivity index (χ2v) is 5.83. The Labute approximate surface area is 149 Å². The van der Waals surface area contributed by atoms with E-state index in [9.17, 15) is 14.0 Å². The van der Waals surface area contributed by atoms with Crippen molar-refractivity contribution in [1.82, 2.24) is 0 Å². The zero-order chi connectivity index (χ0) is 18.3. The minimum absolute atomic E-state index is 0.176. The summed E-state index contributed by atoms with van der Waals surface area (Å²) < 4.78 is 23.1. The van der Waals surface area contributed by atoms with Gasteiger partial charge in [0.15, 0.2) is 11.6 Å². The summed E-state index contributed by atoms with van der Waals surface area (Å²) in [7, 11) is 0. The number of unbranched alkanes of at least 4 members (excludes halogenated alkanes) is 7. The van der Waals surface area contributed by atoms with Crippen LogP contribution in [0.1, 0.15) is 58.3 Å². The Hall–Kier alpha value is -2.17. The van der Waals surface area contributed by atoms with Crippen molar-refractivity contribution in [3.05, 3.63) is 42.2 Å². The Morgan fingerprint density at radius 1 is 0.920 bits per heavy atom. The topological polar surface area (TPSA) is 52.6 Å². The number of carbonyl (C=O) groups is 2. The predicted octanol–water partition coefficient (Wildman–Crippen LogP) is 4.97. The molecule has 0 saturated heterocycles. The summed E-state index contributed by atoms with van der Waals surface area (Å²) in [4.78, 5) is 23.0. The molecule has 0 unspecified atom stereocenters. The molecule has 0 radical (unpaired) electrons. The van der Waals surface area contributed by atoms with Crippen molar-refractivity contribution in [2.45, 2.75) is 58.3 Å². The van der Waals surface area contributed by atoms with Crippen LogP contribution in [0.15, 0.2) is 36.4 Å². The molecule has 0 amide bonds. The second kappa shape index (κ2) is 13.2. The Kier molecular flexibility index (Phi) is 11.0. The van der Waals surface area contributed by atoms with Gasteiger partial charge in [0, 0.05) is 12.2 Å². The van der Waals surface area contributed by atoms with E-state index in [0.29, 0.717) is 6.61 Å². The van der Waals surface area contributed by atoms with Crippen LogP contribution in [0.3, 0.4) is 0 Å². The standard InChI is InChI=1S/C20H27FO4/c1-2-3-4-5-6-7-8-11-16-24-19(22)14-15-20(23)25-18-13-10-9-12-17(18)21/h9-10,12-15H,2-8,11,16H2,1H3/b15-14+. The van der Waals surface area contributed by atoms with Crippen LogP contribution in [-0.4, -0.2) is 18.5 Å². The summed E-state index contributed by atoms with van der Waals surface area (Å²) >= 11 is 0. The van der Waals surface area contributed by atoms with Crippen molar-refractivity contribution in [3.8, 4) is 5.75 Å². The highest BCUT2D eigenvalue weighted by Crippen LogP contribution is 2.15. The molecule has 0 aliphatic heterocycles. The monoisotopic (exact) mass is 350 g/mol. The van der Waals surface area contributed by atoms with E-state index in [1.165, 1.54) is 50.3 Å². The molecule has 0 spiro atoms. The number of hydrogen-bond acceptors (Lipinski definition) is 4. The van der Waals surface area contributed by atoms with E-state index in [1.54, 1.807) is 6.07 Å². The lowest BCUT2D eigenvalue weighted by Gasteiger charge is -2.03. The van der Waals surface area contributed by atoms with Crippen LogP contribution in [0, 0.1) is 5.82 Å². The van der Waals surface area contributed by atoms with E-state index in [0.717, 1.165) is 31.4 Å². The third-order valence-electron chi connectivity index (χ3n) is 3.64. The van der Waals surface area contributed by atoms with Crippen LogP contribution in [0.4, 0.5) is 4.39 Å². The normalized spacial score (nSPS) is 10.8. The number of halogens is 1. The van der Waals surface area contributed by atoms with Crippen LogP contribution in [0.2, 0.25) is 0 Å². The van der Waals surface area contributed by atoms with E-state index in [1.807, 2.05) is 0 Å². The maximum absolute atomic E-state index is 13.3. The fourth-order valence-corrected chi connectivity index (χ4v) is 2.26. The first-order valence-corrected chi connectivity index (χ1v) is 8.94. The Bertz CT molecular complexity index is 554. The lowest BCUT2D eigenvalue weighted by molar-refractivity contribution is -0.138. The maximum atomic E-state index is 13.3. The molecule has 0 atom stereocenters. The number of para-hydroxylation sites is 1. The molecule has 0 fully saturated rings. The van der Waals surface area contributed by atoms with Gasteiger partial charge in [-0.15, -0.1) is 0 Å². The van der Waals surface area contributed by atoms with Gasteiger partial charge in [-0.25, -0.2) is 14.0 Å². The van der Waals surface area contributed by atoms with Crippen molar-refractivity contribution >= 4 is 11.9 Å². The van der Waals surface area contributed by atoms with E-state index in [4.69, 9.17) is 9.47 Å². The molecule has 0 bridgehead atoms. The first-order valence-electron chi connectivity index (χ1n) is 8.94. The number of hydrogen-bond donors (Lipinski definition) is 0. The zero-order valence-electron chi connectivity index (χ0n) is 14.8. The highest BCUT2D eigenvalue weighted by Gasteiger charge is 2.06. The lowest BCUT2D eigenvalue weighted by Crippen LogP contribution is -2.08. The minimum atomic E-state index is -0.825. The Morgan fingerprint density at radius 2 is 1.52 bits per heavy atom. The summed E-state index contributed by atoms with van der Waals surface area (Å²) in [6.07, 6.45) is 11.2. The highest BCUT2D eigenvalue weighted by atomic mass is 19.1. The molecule has 138 valence electrons. The average Bonchev–Trinajstić information content (AvgIpc) is 2.60. The van der Waals surface area contributed by atoms with Gasteiger partial charge in [-0.1, -0.05) is 64.0 Å². The molecule has 0 N–H and O–H groups in total. The SMILES string of the molecule is CCCCCCCCCCOC(=O)/C=C/C(=O)Oc1ccccc1F. The van der Waals surface area contributed by atoms with Gasteiger partial charge in [-0.3, -0.25) is 0 Å². The molecule has 0 aliphatic rings. The minimum Gasteiger partial charge on any atom is -0.463 e. The lowest BCUT2D eigenvalue weighted by atomic mass is 10.1. The summed E-state index contributed by atoms with van der Waals surface area (Å²) in [6, 6.07) is 5.56. The molecule has 4 nitrogen and oxygen atoms in total. The van der Waals surface area contributed by atoms with Gasteiger partial charge < -0.3 is 9.47 Å². The van der Waals surface area contributed by atoms with E-state index in [-0.39, 0.29) is 5.75 Å². The van der Waals surface area contributed by atoms with Gasteiger partial charge in [0.2, 0.25) is 0 Å². The first kappa shape index (κ1) is 20.9. The van der Waals surface area contributed by atoms with Gasteiger partial charge >= 0.3 is 11.9 Å². The van der Waals surface area contributed by atoms with E-state index < -0.39 is 17.8 Å². The first-order chi connectivity index (χ1) is 12.1. The van der Waals surface area contributed by atoms with Crippen molar-refractivity contribution < 1.29 is 23.5 Å². The van der Waals surface area contributed by atoms with Gasteiger partial charge in [-0.2, -0.15) is 0 Å². The molecule has 1 aromatic carbocycles. The number of carbonyl (C=O) groups excluding carboxylic acids is 2. The van der Waals surface area contributed by atoms with Crippen LogP contribution >= 0.6 is 0 Å². The van der Waals surface area contributed by atoms with Crippen molar-refractivity contribution in [3.63, 3.8) is 0 Å². The number of benzene rings is 1. The third-order valence-corrected chi connectivity index (χ3v) is 3.64. The summed E-state index contributed by atoms with van der Waals surface area (Å²) in [5.41, 5.74) is 0. The van der Waals surface area contributed by atoms with Gasteiger partial charge in [-0.05, 0) is 18.6 Å². The average molecular weight is 350 g/mol. The van der Waals surface area contributed by atoms with Crippen LogP contribution in [0.25, 0.3) is 0 Å². The second-order valence-electron chi connectivity index (χ2n) is 5.83. The molecule has 0 heterocycles. The fourth-order valence-electron chi connectivity index (χ4n) is 2.26. The molecule has 25 heavy (non-hydrogen) atoms. The largest absolute Gasteiger partial charge is 0.463 e. The van der Waals surface area contributed by atoms with Crippen molar-refractivity contribution in [2.75, 3.05) is 6.61 Å². The smallest absolute Gasteiger partial charge is 0.336 e. The number of ether oxygens (including phenoxy) is 2. The maximum Gasteiger partial charge on any atom is 0.336 e. The Morgan fingerprint density at radius 3 is 2.20 bits per heavy atom. The summed E-state index contributed by atoms with van der Waals surface area (Å²) in [6.45, 7) is 2.53. The zero-order valence-corrected chi connectivity index (χ0v) is 14.8. The predicted molar refractivity (Wildman–Crippen MR) is 94.7 cm³/mol. The van der Waals surface area contributed by atoms with Gasteiger partial charge in [0.1, 0.15) is 0 Å². The third kappa shape index (κ3) is 10.3.